The summed E-state index contributed by atoms with van der Waals surface area (Å²) in [5.74, 6) is 0. The van der Waals surface area contributed by atoms with Gasteiger partial charge in [0.05, 0.1) is 0 Å². The zero-order valence-electron chi connectivity index (χ0n) is 14.4. The molecule has 2 heteroatoms. The number of hydrogen-bond acceptors (Lipinski definition) is 1. The van der Waals surface area contributed by atoms with Crippen molar-refractivity contribution in [1.29, 1.82) is 0 Å². The fraction of sp³-hybridized carbons (Fsp3) is 0.217. The molecule has 1 heterocycles. The Morgan fingerprint density at radius 2 is 1.60 bits per heavy atom. The number of hydrogen-bond donors (Lipinski definition) is 0. The smallest absolute Gasteiger partial charge is 0.0409 e. The van der Waals surface area contributed by atoms with Crippen LogP contribution in [0.4, 0.5) is 0 Å². The predicted octanol–water partition coefficient (Wildman–Crippen LogP) is 6.20. The summed E-state index contributed by atoms with van der Waals surface area (Å²) < 4.78 is 0. The highest BCUT2D eigenvalue weighted by Gasteiger charge is 2.32. The Balaban J connectivity index is 1.76. The molecule has 0 amide bonds. The molecule has 0 radical (unpaired) electrons. The van der Waals surface area contributed by atoms with Crippen molar-refractivity contribution < 1.29 is 0 Å². The van der Waals surface area contributed by atoms with Gasteiger partial charge in [-0.1, -0.05) is 78.3 Å². The average molecular weight is 348 g/mol. The van der Waals surface area contributed by atoms with E-state index in [1.54, 1.807) is 0 Å². The van der Waals surface area contributed by atoms with Gasteiger partial charge in [-0.2, -0.15) is 0 Å². The van der Waals surface area contributed by atoms with E-state index in [4.69, 9.17) is 11.6 Å². The minimum Gasteiger partial charge on any atom is -0.285 e. The van der Waals surface area contributed by atoms with E-state index in [0.717, 1.165) is 18.0 Å². The second-order valence-electron chi connectivity index (χ2n) is 6.81. The van der Waals surface area contributed by atoms with Crippen LogP contribution in [0, 0.1) is 0 Å². The Bertz CT molecular complexity index is 844. The van der Waals surface area contributed by atoms with Crippen molar-refractivity contribution in [2.45, 2.75) is 32.0 Å². The van der Waals surface area contributed by atoms with Gasteiger partial charge in [0, 0.05) is 23.7 Å². The standard InChI is InChI=1S/C23H22ClN/c1-17-22-15-21(24)13-12-20(22)14-23(19-10-6-3-7-11-19)25(17)16-18-8-4-2-5-9-18/h2-13,15,17,23H,14,16H2,1H3. The van der Waals surface area contributed by atoms with Gasteiger partial charge in [-0.25, -0.2) is 0 Å². The van der Waals surface area contributed by atoms with Crippen LogP contribution in [0.3, 0.4) is 0 Å². The molecule has 0 saturated heterocycles. The molecule has 25 heavy (non-hydrogen) atoms. The van der Waals surface area contributed by atoms with Crippen molar-refractivity contribution in [2.75, 3.05) is 0 Å². The van der Waals surface area contributed by atoms with Crippen LogP contribution in [0.5, 0.6) is 0 Å². The summed E-state index contributed by atoms with van der Waals surface area (Å²) in [4.78, 5) is 2.60. The van der Waals surface area contributed by atoms with Gasteiger partial charge in [0.25, 0.3) is 0 Å². The molecule has 0 bridgehead atoms. The van der Waals surface area contributed by atoms with Crippen LogP contribution in [0.15, 0.2) is 78.9 Å². The summed E-state index contributed by atoms with van der Waals surface area (Å²) in [5, 5.41) is 0.823. The van der Waals surface area contributed by atoms with E-state index in [0.29, 0.717) is 12.1 Å². The van der Waals surface area contributed by atoms with Crippen molar-refractivity contribution in [3.8, 4) is 0 Å². The molecule has 1 aliphatic rings. The maximum atomic E-state index is 6.28. The molecule has 126 valence electrons. The third-order valence-corrected chi connectivity index (χ3v) is 5.50. The largest absolute Gasteiger partial charge is 0.285 e. The first-order chi connectivity index (χ1) is 12.2. The Kier molecular flexibility index (Phi) is 4.61. The molecule has 3 aromatic carbocycles. The first-order valence-corrected chi connectivity index (χ1v) is 9.23. The Morgan fingerprint density at radius 1 is 0.920 bits per heavy atom. The molecule has 0 saturated carbocycles. The maximum Gasteiger partial charge on any atom is 0.0409 e. The van der Waals surface area contributed by atoms with Crippen LogP contribution >= 0.6 is 11.6 Å². The van der Waals surface area contributed by atoms with Crippen LogP contribution in [-0.2, 0) is 13.0 Å². The summed E-state index contributed by atoms with van der Waals surface area (Å²) in [6, 6.07) is 28.6. The Morgan fingerprint density at radius 3 is 2.32 bits per heavy atom. The lowest BCUT2D eigenvalue weighted by atomic mass is 9.85. The van der Waals surface area contributed by atoms with Crippen LogP contribution < -0.4 is 0 Å². The molecule has 2 unspecified atom stereocenters. The van der Waals surface area contributed by atoms with Gasteiger partial charge >= 0.3 is 0 Å². The highest BCUT2D eigenvalue weighted by Crippen LogP contribution is 2.41. The third-order valence-electron chi connectivity index (χ3n) is 5.26. The van der Waals surface area contributed by atoms with Gasteiger partial charge < -0.3 is 0 Å². The quantitative estimate of drug-likeness (QED) is 0.545. The van der Waals surface area contributed by atoms with Crippen molar-refractivity contribution in [1.82, 2.24) is 4.90 Å². The zero-order chi connectivity index (χ0) is 17.2. The second-order valence-corrected chi connectivity index (χ2v) is 7.24. The van der Waals surface area contributed by atoms with Gasteiger partial charge in [0.15, 0.2) is 0 Å². The molecule has 0 fully saturated rings. The van der Waals surface area contributed by atoms with E-state index in [9.17, 15) is 0 Å². The van der Waals surface area contributed by atoms with Gasteiger partial charge in [-0.3, -0.25) is 4.90 Å². The number of nitrogens with zero attached hydrogens (tertiary/aromatic N) is 1. The Hall–Kier alpha value is -2.09. The van der Waals surface area contributed by atoms with E-state index >= 15 is 0 Å². The van der Waals surface area contributed by atoms with Crippen LogP contribution in [-0.4, -0.2) is 4.90 Å². The van der Waals surface area contributed by atoms with Crippen molar-refractivity contribution >= 4 is 11.6 Å². The third kappa shape index (κ3) is 3.35. The van der Waals surface area contributed by atoms with Crippen molar-refractivity contribution in [2.24, 2.45) is 0 Å². The first kappa shape index (κ1) is 16.4. The number of fused-ring (bicyclic) bond motifs is 1. The molecule has 0 aromatic heterocycles. The van der Waals surface area contributed by atoms with E-state index in [1.807, 2.05) is 6.07 Å². The number of halogens is 1. The van der Waals surface area contributed by atoms with Gasteiger partial charge in [-0.05, 0) is 47.7 Å². The monoisotopic (exact) mass is 347 g/mol. The number of rotatable bonds is 3. The minimum absolute atomic E-state index is 0.327. The van der Waals surface area contributed by atoms with E-state index in [1.165, 1.54) is 22.3 Å². The SMILES string of the molecule is CC1c2cc(Cl)ccc2CC(c2ccccc2)N1Cc1ccccc1. The topological polar surface area (TPSA) is 3.24 Å². The summed E-state index contributed by atoms with van der Waals surface area (Å²) >= 11 is 6.28. The van der Waals surface area contributed by atoms with Crippen LogP contribution in [0.2, 0.25) is 5.02 Å². The molecular formula is C23H22ClN. The molecule has 2 atom stereocenters. The average Bonchev–Trinajstić information content (AvgIpc) is 2.66. The van der Waals surface area contributed by atoms with Crippen LogP contribution in [0.1, 0.15) is 41.3 Å². The normalized spacial score (nSPS) is 20.2. The molecule has 4 rings (SSSR count). The lowest BCUT2D eigenvalue weighted by Crippen LogP contribution is -2.36. The van der Waals surface area contributed by atoms with Crippen molar-refractivity contribution in [3.05, 3.63) is 106 Å². The minimum atomic E-state index is 0.327. The number of benzene rings is 3. The van der Waals surface area contributed by atoms with E-state index in [-0.39, 0.29) is 0 Å². The van der Waals surface area contributed by atoms with Gasteiger partial charge in [0.2, 0.25) is 0 Å². The summed E-state index contributed by atoms with van der Waals surface area (Å²) in [6.07, 6.45) is 1.02. The summed E-state index contributed by atoms with van der Waals surface area (Å²) in [5.41, 5.74) is 5.50. The lowest BCUT2D eigenvalue weighted by Gasteiger charge is -2.42. The Labute approximate surface area is 154 Å². The summed E-state index contributed by atoms with van der Waals surface area (Å²) in [7, 11) is 0. The molecule has 3 aromatic rings. The molecule has 1 aliphatic heterocycles. The summed E-state index contributed by atoms with van der Waals surface area (Å²) in [6.45, 7) is 3.24. The van der Waals surface area contributed by atoms with Gasteiger partial charge in [-0.15, -0.1) is 0 Å². The fourth-order valence-electron chi connectivity index (χ4n) is 3.94. The first-order valence-electron chi connectivity index (χ1n) is 8.85. The fourth-order valence-corrected chi connectivity index (χ4v) is 4.12. The van der Waals surface area contributed by atoms with E-state index < -0.39 is 0 Å². The molecule has 1 nitrogen and oxygen atoms in total. The lowest BCUT2D eigenvalue weighted by molar-refractivity contribution is 0.118. The second kappa shape index (κ2) is 7.03. The van der Waals surface area contributed by atoms with Gasteiger partial charge in [0.1, 0.15) is 0 Å². The van der Waals surface area contributed by atoms with Crippen molar-refractivity contribution in [3.63, 3.8) is 0 Å². The highest BCUT2D eigenvalue weighted by molar-refractivity contribution is 6.30. The molecule has 0 spiro atoms. The van der Waals surface area contributed by atoms with E-state index in [2.05, 4.69) is 84.6 Å². The molecule has 0 N–H and O–H groups in total. The van der Waals surface area contributed by atoms with Crippen LogP contribution in [0.25, 0.3) is 0 Å². The predicted molar refractivity (Wildman–Crippen MR) is 105 cm³/mol. The highest BCUT2D eigenvalue weighted by atomic mass is 35.5. The maximum absolute atomic E-state index is 6.28. The molecule has 0 aliphatic carbocycles. The zero-order valence-corrected chi connectivity index (χ0v) is 15.2. The molecular weight excluding hydrogens is 326 g/mol.